The van der Waals surface area contributed by atoms with E-state index in [4.69, 9.17) is 27.6 Å². The molecule has 2 aromatic rings. The third-order valence-corrected chi connectivity index (χ3v) is 4.56. The molecule has 1 aliphatic carbocycles. The molecule has 3 rings (SSSR count). The molecule has 94 valence electrons. The lowest BCUT2D eigenvalue weighted by molar-refractivity contribution is 0.464. The third-order valence-electron chi connectivity index (χ3n) is 2.65. The first-order valence-corrected chi connectivity index (χ1v) is 7.15. The van der Waals surface area contributed by atoms with Crippen LogP contribution in [0.5, 0.6) is 0 Å². The van der Waals surface area contributed by atoms with Crippen LogP contribution >= 0.6 is 35.0 Å². The highest BCUT2D eigenvalue weighted by Gasteiger charge is 2.51. The number of pyridine rings is 1. The number of halogens is 2. The van der Waals surface area contributed by atoms with Gasteiger partial charge in [0.15, 0.2) is 0 Å². The van der Waals surface area contributed by atoms with E-state index in [-0.39, 0.29) is 0 Å². The summed E-state index contributed by atoms with van der Waals surface area (Å²) in [4.78, 5) is 4.15. The Labute approximate surface area is 118 Å². The highest BCUT2D eigenvalue weighted by Crippen LogP contribution is 2.54. The Bertz CT molecular complexity index is 546. The lowest BCUT2D eigenvalue weighted by Gasteiger charge is -1.96. The number of hydrogen-bond donors (Lipinski definition) is 0. The number of rotatable bonds is 4. The molecule has 4 nitrogen and oxygen atoms in total. The fourth-order valence-electron chi connectivity index (χ4n) is 1.48. The Morgan fingerprint density at radius 3 is 2.89 bits per heavy atom. The first-order chi connectivity index (χ1) is 8.65. The number of aromatic nitrogens is 3. The second-order valence-corrected chi connectivity index (χ2v) is 6.57. The minimum atomic E-state index is -0.559. The molecule has 1 fully saturated rings. The van der Waals surface area contributed by atoms with Crippen molar-refractivity contribution in [2.75, 3.05) is 5.75 Å². The van der Waals surface area contributed by atoms with E-state index < -0.39 is 4.33 Å². The maximum absolute atomic E-state index is 5.95. The first kappa shape index (κ1) is 12.3. The van der Waals surface area contributed by atoms with E-state index in [0.29, 0.717) is 22.7 Å². The van der Waals surface area contributed by atoms with Crippen molar-refractivity contribution in [2.45, 2.75) is 16.0 Å². The smallest absolute Gasteiger partial charge is 0.276 e. The summed E-state index contributed by atoms with van der Waals surface area (Å²) in [6.07, 6.45) is 2.51. The van der Waals surface area contributed by atoms with Crippen molar-refractivity contribution in [1.82, 2.24) is 15.2 Å². The molecular weight excluding hydrogens is 293 g/mol. The predicted molar refractivity (Wildman–Crippen MR) is 70.8 cm³/mol. The van der Waals surface area contributed by atoms with Gasteiger partial charge in [-0.3, -0.25) is 4.98 Å². The van der Waals surface area contributed by atoms with Gasteiger partial charge in [-0.25, -0.2) is 0 Å². The number of thioether (sulfide) groups is 1. The molecule has 0 N–H and O–H groups in total. The van der Waals surface area contributed by atoms with Gasteiger partial charge in [-0.15, -0.1) is 33.4 Å². The first-order valence-electron chi connectivity index (χ1n) is 5.41. The molecule has 18 heavy (non-hydrogen) atoms. The quantitative estimate of drug-likeness (QED) is 0.640. The zero-order chi connectivity index (χ0) is 12.6. The van der Waals surface area contributed by atoms with Crippen LogP contribution in [0.4, 0.5) is 0 Å². The third kappa shape index (κ3) is 2.63. The van der Waals surface area contributed by atoms with Crippen LogP contribution in [-0.4, -0.2) is 25.3 Å². The van der Waals surface area contributed by atoms with E-state index in [2.05, 4.69) is 15.2 Å². The second kappa shape index (κ2) is 4.72. The van der Waals surface area contributed by atoms with Crippen molar-refractivity contribution in [2.24, 2.45) is 5.92 Å². The highest BCUT2D eigenvalue weighted by atomic mass is 35.5. The summed E-state index contributed by atoms with van der Waals surface area (Å²) < 4.78 is 4.95. The van der Waals surface area contributed by atoms with Gasteiger partial charge in [0.1, 0.15) is 10.0 Å². The van der Waals surface area contributed by atoms with E-state index in [0.717, 1.165) is 12.2 Å². The van der Waals surface area contributed by atoms with Crippen molar-refractivity contribution in [3.8, 4) is 11.6 Å². The van der Waals surface area contributed by atoms with Crippen LogP contribution in [0.3, 0.4) is 0 Å². The monoisotopic (exact) mass is 301 g/mol. The molecule has 0 spiro atoms. The van der Waals surface area contributed by atoms with Gasteiger partial charge in [-0.1, -0.05) is 17.8 Å². The molecule has 0 saturated heterocycles. The molecule has 0 radical (unpaired) electrons. The molecule has 1 saturated carbocycles. The Morgan fingerprint density at radius 1 is 1.39 bits per heavy atom. The molecule has 2 aromatic heterocycles. The molecule has 1 aliphatic rings. The molecule has 1 atom stereocenters. The minimum absolute atomic E-state index is 0.302. The van der Waals surface area contributed by atoms with E-state index in [1.807, 2.05) is 18.2 Å². The molecule has 7 heteroatoms. The maximum atomic E-state index is 5.95. The summed E-state index contributed by atoms with van der Waals surface area (Å²) in [5.74, 6) is 1.52. The van der Waals surface area contributed by atoms with E-state index in [1.54, 1.807) is 6.20 Å². The number of hydrogen-bond acceptors (Lipinski definition) is 5. The van der Waals surface area contributed by atoms with Crippen molar-refractivity contribution >= 4 is 35.0 Å². The average molecular weight is 302 g/mol. The van der Waals surface area contributed by atoms with Gasteiger partial charge in [0.05, 0.1) is 0 Å². The van der Waals surface area contributed by atoms with E-state index >= 15 is 0 Å². The van der Waals surface area contributed by atoms with Gasteiger partial charge in [-0.2, -0.15) is 0 Å². The van der Waals surface area contributed by atoms with Crippen LogP contribution in [0, 0.1) is 5.92 Å². The van der Waals surface area contributed by atoms with Crippen molar-refractivity contribution < 1.29 is 4.42 Å². The van der Waals surface area contributed by atoms with Gasteiger partial charge >= 0.3 is 0 Å². The molecule has 1 unspecified atom stereocenters. The van der Waals surface area contributed by atoms with Crippen molar-refractivity contribution in [3.63, 3.8) is 0 Å². The predicted octanol–water partition coefficient (Wildman–Crippen LogP) is 3.42. The van der Waals surface area contributed by atoms with Crippen LogP contribution in [-0.2, 0) is 0 Å². The van der Waals surface area contributed by atoms with Crippen LogP contribution in [0.15, 0.2) is 34.0 Å². The van der Waals surface area contributed by atoms with Crippen molar-refractivity contribution in [3.05, 3.63) is 24.4 Å². The SMILES string of the molecule is ClC1(Cl)CC1CSc1nnc(-c2ccccn2)o1. The Hall–Kier alpha value is -0.780. The van der Waals surface area contributed by atoms with Gasteiger partial charge in [0, 0.05) is 17.9 Å². The lowest BCUT2D eigenvalue weighted by atomic mass is 10.3. The molecule has 0 amide bonds. The lowest BCUT2D eigenvalue weighted by Crippen LogP contribution is -1.92. The zero-order valence-corrected chi connectivity index (χ0v) is 11.5. The fourth-order valence-corrected chi connectivity index (χ4v) is 3.18. The molecular formula is C11H9Cl2N3OS. The van der Waals surface area contributed by atoms with E-state index in [9.17, 15) is 0 Å². The van der Waals surface area contributed by atoms with E-state index in [1.165, 1.54) is 11.8 Å². The second-order valence-electron chi connectivity index (χ2n) is 4.06. The Morgan fingerprint density at radius 2 is 2.22 bits per heavy atom. The number of nitrogens with zero attached hydrogens (tertiary/aromatic N) is 3. The topological polar surface area (TPSA) is 51.8 Å². The Kier molecular flexibility index (Phi) is 3.21. The van der Waals surface area contributed by atoms with Gasteiger partial charge in [0.2, 0.25) is 0 Å². The summed E-state index contributed by atoms with van der Waals surface area (Å²) in [5, 5.41) is 8.44. The minimum Gasteiger partial charge on any atom is -0.410 e. The summed E-state index contributed by atoms with van der Waals surface area (Å²) in [6, 6.07) is 5.54. The van der Waals surface area contributed by atoms with Crippen LogP contribution < -0.4 is 0 Å². The maximum Gasteiger partial charge on any atom is 0.276 e. The van der Waals surface area contributed by atoms with Crippen LogP contribution in [0.1, 0.15) is 6.42 Å². The molecule has 0 aromatic carbocycles. The van der Waals surface area contributed by atoms with Crippen molar-refractivity contribution in [1.29, 1.82) is 0 Å². The van der Waals surface area contributed by atoms with Gasteiger partial charge < -0.3 is 4.42 Å². The van der Waals surface area contributed by atoms with Crippen LogP contribution in [0.2, 0.25) is 0 Å². The standard InChI is InChI=1S/C11H9Cl2N3OS/c12-11(13)5-7(11)6-18-10-16-15-9(17-10)8-3-1-2-4-14-8/h1-4,7H,5-6H2. The van der Waals surface area contributed by atoms with Crippen LogP contribution in [0.25, 0.3) is 11.6 Å². The summed E-state index contributed by atoms with van der Waals surface area (Å²) in [5.41, 5.74) is 0.673. The Balaban J connectivity index is 1.64. The highest BCUT2D eigenvalue weighted by molar-refractivity contribution is 7.99. The number of alkyl halides is 2. The summed E-state index contributed by atoms with van der Waals surface area (Å²) in [6.45, 7) is 0. The zero-order valence-electron chi connectivity index (χ0n) is 9.22. The van der Waals surface area contributed by atoms with Gasteiger partial charge in [-0.05, 0) is 18.6 Å². The molecule has 0 bridgehead atoms. The largest absolute Gasteiger partial charge is 0.410 e. The summed E-state index contributed by atoms with van der Waals surface area (Å²) in [7, 11) is 0. The molecule has 0 aliphatic heterocycles. The normalized spacial score (nSPS) is 20.9. The fraction of sp³-hybridized carbons (Fsp3) is 0.364. The average Bonchev–Trinajstić information content (AvgIpc) is 2.79. The summed E-state index contributed by atoms with van der Waals surface area (Å²) >= 11 is 13.4. The molecule has 2 heterocycles. The van der Waals surface area contributed by atoms with Gasteiger partial charge in [0.25, 0.3) is 11.1 Å².